The Morgan fingerprint density at radius 3 is 1.96 bits per heavy atom. The SMILES string of the molecule is Cc1ccc(N=Nc2c(N)c(N=Nc3ccc(-c4ccc(NN=C5C=CC(=O)C(C(=O)O)=C5)cc4)cc3)cc(S(=O)(=O)O)c2N)cc1. The van der Waals surface area contributed by atoms with E-state index in [-0.39, 0.29) is 34.0 Å². The zero-order chi connectivity index (χ0) is 33.7. The average Bonchev–Trinajstić information content (AvgIpc) is 3.04. The molecule has 7 N–H and O–H groups in total. The van der Waals surface area contributed by atoms with Crippen molar-refractivity contribution in [1.82, 2.24) is 0 Å². The smallest absolute Gasteiger partial charge is 0.339 e. The Hall–Kier alpha value is -6.32. The Labute approximate surface area is 268 Å². The zero-order valence-corrected chi connectivity index (χ0v) is 25.4. The van der Waals surface area contributed by atoms with Gasteiger partial charge in [-0.3, -0.25) is 14.8 Å². The minimum Gasteiger partial charge on any atom is -0.478 e. The summed E-state index contributed by atoms with van der Waals surface area (Å²) in [5.41, 5.74) is 18.5. The number of ketones is 1. The lowest BCUT2D eigenvalue weighted by atomic mass is 10.0. The number of rotatable bonds is 9. The number of carboxylic acid groups (broad SMARTS) is 1. The number of anilines is 3. The molecule has 0 spiro atoms. The normalized spacial score (nSPS) is 14.2. The van der Waals surface area contributed by atoms with Crippen molar-refractivity contribution in [2.45, 2.75) is 11.8 Å². The second-order valence-corrected chi connectivity index (χ2v) is 11.5. The molecule has 0 fully saturated rings. The van der Waals surface area contributed by atoms with Crippen molar-refractivity contribution in [2.75, 3.05) is 16.9 Å². The third-order valence-electron chi connectivity index (χ3n) is 6.76. The van der Waals surface area contributed by atoms with Crippen molar-refractivity contribution in [3.05, 3.63) is 108 Å². The first-order valence-electron chi connectivity index (χ1n) is 13.7. The predicted octanol–water partition coefficient (Wildman–Crippen LogP) is 6.82. The van der Waals surface area contributed by atoms with Crippen LogP contribution < -0.4 is 16.9 Å². The number of aryl methyl sites for hydroxylation is 1. The molecule has 0 aliphatic heterocycles. The molecule has 1 aliphatic rings. The van der Waals surface area contributed by atoms with E-state index < -0.39 is 26.8 Å². The predicted molar refractivity (Wildman–Crippen MR) is 177 cm³/mol. The highest BCUT2D eigenvalue weighted by Gasteiger charge is 2.22. The number of carboxylic acids is 1. The number of nitrogens with two attached hydrogens (primary N) is 2. The van der Waals surface area contributed by atoms with Gasteiger partial charge in [-0.2, -0.15) is 23.7 Å². The largest absolute Gasteiger partial charge is 0.478 e. The van der Waals surface area contributed by atoms with Gasteiger partial charge in [-0.15, -0.1) is 10.2 Å². The number of azo groups is 2. The molecule has 0 atom stereocenters. The van der Waals surface area contributed by atoms with Gasteiger partial charge in [0.15, 0.2) is 5.78 Å². The second-order valence-electron chi connectivity index (χ2n) is 10.1. The summed E-state index contributed by atoms with van der Waals surface area (Å²) in [5, 5.41) is 29.6. The molecule has 0 heterocycles. The first kappa shape index (κ1) is 32.1. The summed E-state index contributed by atoms with van der Waals surface area (Å²) < 4.78 is 33.8. The van der Waals surface area contributed by atoms with Crippen LogP contribution in [0.15, 0.2) is 133 Å². The van der Waals surface area contributed by atoms with E-state index in [0.29, 0.717) is 17.1 Å². The van der Waals surface area contributed by atoms with Crippen molar-refractivity contribution in [3.8, 4) is 11.1 Å². The molecular weight excluding hydrogens is 624 g/mol. The first-order valence-corrected chi connectivity index (χ1v) is 15.1. The van der Waals surface area contributed by atoms with Crippen LogP contribution in [0.2, 0.25) is 0 Å². The summed E-state index contributed by atoms with van der Waals surface area (Å²) in [6.07, 6.45) is 3.76. The van der Waals surface area contributed by atoms with Gasteiger partial charge in [0.05, 0.1) is 34.1 Å². The fraction of sp³-hybridized carbons (Fsp3) is 0.0312. The molecule has 0 bridgehead atoms. The highest BCUT2D eigenvalue weighted by Crippen LogP contribution is 2.43. The average molecular weight is 651 g/mol. The molecule has 5 rings (SSSR count). The molecule has 1 aliphatic carbocycles. The van der Waals surface area contributed by atoms with Crippen LogP contribution >= 0.6 is 0 Å². The first-order chi connectivity index (χ1) is 22.4. The lowest BCUT2D eigenvalue weighted by molar-refractivity contribution is -0.134. The molecule has 4 aromatic carbocycles. The fourth-order valence-electron chi connectivity index (χ4n) is 4.24. The number of hydrogen-bond acceptors (Lipinski definition) is 12. The van der Waals surface area contributed by atoms with E-state index in [0.717, 1.165) is 28.8 Å². The molecule has 15 heteroatoms. The molecule has 47 heavy (non-hydrogen) atoms. The molecule has 0 amide bonds. The van der Waals surface area contributed by atoms with Crippen LogP contribution in [-0.4, -0.2) is 35.5 Å². The zero-order valence-electron chi connectivity index (χ0n) is 24.6. The number of nitrogens with zero attached hydrogens (tertiary/aromatic N) is 5. The number of hydrogen-bond donors (Lipinski definition) is 5. The lowest BCUT2D eigenvalue weighted by Crippen LogP contribution is -2.15. The van der Waals surface area contributed by atoms with E-state index in [9.17, 15) is 22.6 Å². The van der Waals surface area contributed by atoms with Gasteiger partial charge < -0.3 is 16.6 Å². The highest BCUT2D eigenvalue weighted by molar-refractivity contribution is 7.86. The second kappa shape index (κ2) is 13.4. The van der Waals surface area contributed by atoms with Crippen molar-refractivity contribution >= 4 is 67.4 Å². The molecule has 0 saturated carbocycles. The van der Waals surface area contributed by atoms with Gasteiger partial charge in [-0.1, -0.05) is 42.0 Å². The third kappa shape index (κ3) is 7.67. The van der Waals surface area contributed by atoms with Gasteiger partial charge in [0.2, 0.25) is 0 Å². The van der Waals surface area contributed by atoms with E-state index in [1.165, 1.54) is 12.2 Å². The maximum absolute atomic E-state index is 12.0. The van der Waals surface area contributed by atoms with Crippen molar-refractivity contribution in [1.29, 1.82) is 0 Å². The quantitative estimate of drug-likeness (QED) is 0.0318. The van der Waals surface area contributed by atoms with Crippen molar-refractivity contribution < 1.29 is 27.7 Å². The Morgan fingerprint density at radius 1 is 0.787 bits per heavy atom. The molecule has 0 saturated heterocycles. The number of carbonyl (C=O) groups excluding carboxylic acids is 1. The number of aliphatic carboxylic acids is 1. The van der Waals surface area contributed by atoms with Crippen LogP contribution in [-0.2, 0) is 19.7 Å². The van der Waals surface area contributed by atoms with Crippen molar-refractivity contribution in [3.63, 3.8) is 0 Å². The van der Waals surface area contributed by atoms with Crippen LogP contribution in [0.1, 0.15) is 5.56 Å². The third-order valence-corrected chi connectivity index (χ3v) is 7.66. The summed E-state index contributed by atoms with van der Waals surface area (Å²) in [6, 6.07) is 22.3. The molecule has 0 unspecified atom stereocenters. The molecule has 236 valence electrons. The molecule has 4 aromatic rings. The number of allylic oxidation sites excluding steroid dienone is 3. The number of benzene rings is 4. The van der Waals surface area contributed by atoms with Crippen LogP contribution in [0.4, 0.5) is 39.8 Å². The van der Waals surface area contributed by atoms with Gasteiger partial charge in [-0.05, 0) is 78.7 Å². The number of carbonyl (C=O) groups is 2. The molecule has 0 radical (unpaired) electrons. The standard InChI is InChI=1S/C32H26N8O6S/c1-18-2-8-21(9-3-18)37-40-31-29(33)26(17-28(30(31)34)47(44,45)46)39-36-23-12-6-20(7-13-23)19-4-10-22(11-5-19)35-38-24-14-15-27(41)25(16-24)32(42)43/h2-17,35H,33-34H2,1H3,(H,42,43)(H,44,45,46). The van der Waals surface area contributed by atoms with Crippen LogP contribution in [0.3, 0.4) is 0 Å². The topological polar surface area (TPSA) is 235 Å². The summed E-state index contributed by atoms with van der Waals surface area (Å²) in [4.78, 5) is 22.2. The van der Waals surface area contributed by atoms with Gasteiger partial charge in [-0.25, -0.2) is 4.79 Å². The summed E-state index contributed by atoms with van der Waals surface area (Å²) >= 11 is 0. The van der Waals surface area contributed by atoms with E-state index in [2.05, 4.69) is 31.0 Å². The lowest BCUT2D eigenvalue weighted by Gasteiger charge is -2.10. The van der Waals surface area contributed by atoms with Crippen LogP contribution in [0.25, 0.3) is 11.1 Å². The van der Waals surface area contributed by atoms with E-state index in [1.54, 1.807) is 48.5 Å². The number of nitrogens with one attached hydrogen (secondary N) is 1. The highest BCUT2D eigenvalue weighted by atomic mass is 32.2. The number of nitrogen functional groups attached to an aromatic ring is 2. The summed E-state index contributed by atoms with van der Waals surface area (Å²) in [6.45, 7) is 1.91. The number of hydrazone groups is 1. The van der Waals surface area contributed by atoms with Gasteiger partial charge in [0.25, 0.3) is 10.1 Å². The van der Waals surface area contributed by atoms with E-state index in [1.807, 2.05) is 31.2 Å². The summed E-state index contributed by atoms with van der Waals surface area (Å²) in [5.74, 6) is -1.92. The molecule has 0 aromatic heterocycles. The Bertz CT molecular complexity index is 2140. The molecular formula is C32H26N8O6S. The minimum absolute atomic E-state index is 0.0867. The Balaban J connectivity index is 1.33. The fourth-order valence-corrected chi connectivity index (χ4v) is 4.87. The van der Waals surface area contributed by atoms with Gasteiger partial charge >= 0.3 is 5.97 Å². The maximum Gasteiger partial charge on any atom is 0.339 e. The monoisotopic (exact) mass is 650 g/mol. The van der Waals surface area contributed by atoms with Crippen LogP contribution in [0.5, 0.6) is 0 Å². The minimum atomic E-state index is -4.76. The van der Waals surface area contributed by atoms with Crippen LogP contribution in [0, 0.1) is 6.92 Å². The van der Waals surface area contributed by atoms with Crippen molar-refractivity contribution in [2.24, 2.45) is 25.6 Å². The van der Waals surface area contributed by atoms with Gasteiger partial charge in [0.1, 0.15) is 21.8 Å². The maximum atomic E-state index is 12.0. The van der Waals surface area contributed by atoms with E-state index in [4.69, 9.17) is 16.6 Å². The van der Waals surface area contributed by atoms with Gasteiger partial charge in [0, 0.05) is 0 Å². The Morgan fingerprint density at radius 2 is 1.36 bits per heavy atom. The van der Waals surface area contributed by atoms with E-state index >= 15 is 0 Å². The summed E-state index contributed by atoms with van der Waals surface area (Å²) in [7, 11) is -4.76. The molecule has 14 nitrogen and oxygen atoms in total. The Kier molecular flexibility index (Phi) is 9.11.